The van der Waals surface area contributed by atoms with E-state index in [-0.39, 0.29) is 12.5 Å². The summed E-state index contributed by atoms with van der Waals surface area (Å²) >= 11 is 0. The number of rotatable bonds is 5. The molecule has 1 unspecified atom stereocenters. The van der Waals surface area contributed by atoms with Crippen molar-refractivity contribution in [3.05, 3.63) is 101 Å². The summed E-state index contributed by atoms with van der Waals surface area (Å²) < 4.78 is 28.1. The van der Waals surface area contributed by atoms with E-state index in [4.69, 9.17) is 0 Å². The zero-order chi connectivity index (χ0) is 23.8. The number of aromatic nitrogens is 3. The summed E-state index contributed by atoms with van der Waals surface area (Å²) in [6, 6.07) is 13.3. The average molecular weight is 461 g/mol. The summed E-state index contributed by atoms with van der Waals surface area (Å²) in [5.74, 6) is -2.21. The molecule has 1 amide bonds. The molecule has 0 saturated heterocycles. The number of benzene rings is 2. The Morgan fingerprint density at radius 1 is 1.18 bits per heavy atom. The first-order valence-corrected chi connectivity index (χ1v) is 10.6. The summed E-state index contributed by atoms with van der Waals surface area (Å²) in [5.41, 5.74) is 4.05. The molecule has 0 aliphatic carbocycles. The Kier molecular flexibility index (Phi) is 5.46. The molecule has 2 aromatic heterocycles. The van der Waals surface area contributed by atoms with E-state index in [1.165, 1.54) is 16.9 Å². The zero-order valence-electron chi connectivity index (χ0n) is 18.1. The highest BCUT2D eigenvalue weighted by molar-refractivity contribution is 6.08. The lowest BCUT2D eigenvalue weighted by Crippen LogP contribution is -2.34. The van der Waals surface area contributed by atoms with Crippen molar-refractivity contribution in [2.75, 3.05) is 5.32 Å². The van der Waals surface area contributed by atoms with Gasteiger partial charge in [0.2, 0.25) is 0 Å². The number of carbonyl (C=O) groups is 1. The van der Waals surface area contributed by atoms with Gasteiger partial charge in [-0.05, 0) is 48.2 Å². The third-order valence-electron chi connectivity index (χ3n) is 5.66. The molecule has 9 heteroatoms. The van der Waals surface area contributed by atoms with Crippen molar-refractivity contribution < 1.29 is 18.7 Å². The van der Waals surface area contributed by atoms with Crippen LogP contribution in [0.5, 0.6) is 0 Å². The van der Waals surface area contributed by atoms with Gasteiger partial charge < -0.3 is 20.7 Å². The molecule has 4 N–H and O–H groups in total. The van der Waals surface area contributed by atoms with E-state index < -0.39 is 17.9 Å². The van der Waals surface area contributed by atoms with Crippen molar-refractivity contribution >= 4 is 28.1 Å². The number of para-hydroxylation sites is 1. The maximum atomic E-state index is 13.4. The minimum atomic E-state index is -0.969. The van der Waals surface area contributed by atoms with Gasteiger partial charge in [-0.15, -0.1) is 0 Å². The molecular formula is C25H21F2N5O2. The number of fused-ring (bicyclic) bond motifs is 1. The van der Waals surface area contributed by atoms with Gasteiger partial charge in [0, 0.05) is 28.7 Å². The van der Waals surface area contributed by atoms with E-state index in [1.54, 1.807) is 19.2 Å². The number of anilines is 1. The van der Waals surface area contributed by atoms with E-state index in [1.807, 2.05) is 30.3 Å². The van der Waals surface area contributed by atoms with Crippen LogP contribution >= 0.6 is 0 Å². The Labute approximate surface area is 193 Å². The van der Waals surface area contributed by atoms with E-state index in [0.717, 1.165) is 23.0 Å². The van der Waals surface area contributed by atoms with Crippen LogP contribution in [0.4, 0.5) is 14.5 Å². The normalized spacial score (nSPS) is 15.9. The molecule has 7 nitrogen and oxygen atoms in total. The second kappa shape index (κ2) is 8.60. The molecule has 1 aliphatic heterocycles. The summed E-state index contributed by atoms with van der Waals surface area (Å²) in [6.45, 7) is 1.93. The highest BCUT2D eigenvalue weighted by Crippen LogP contribution is 2.28. The standard InChI is InChI=1S/C25H21F2N5O2/c1-14-18(10-19(25(34)29-14)23-9-16-4-2-3-5-22(16)31-23)24(33)30-17-11-28-32(13-17)12-15-6-7-20(26)21(27)8-15/h2-11,13,25,29,31,34H,12H2,1H3,(H,30,33). The van der Waals surface area contributed by atoms with Gasteiger partial charge >= 0.3 is 0 Å². The number of aliphatic hydroxyl groups is 1. The molecule has 5 rings (SSSR count). The number of hydrogen-bond donors (Lipinski definition) is 4. The molecule has 2 aromatic carbocycles. The topological polar surface area (TPSA) is 95.0 Å². The van der Waals surface area contributed by atoms with Gasteiger partial charge in [0.05, 0.1) is 24.0 Å². The summed E-state index contributed by atoms with van der Waals surface area (Å²) in [7, 11) is 0. The highest BCUT2D eigenvalue weighted by atomic mass is 19.2. The van der Waals surface area contributed by atoms with E-state index in [9.17, 15) is 18.7 Å². The number of nitrogens with one attached hydrogen (secondary N) is 3. The fourth-order valence-corrected chi connectivity index (χ4v) is 3.93. The predicted octanol–water partition coefficient (Wildman–Crippen LogP) is 3.91. The molecule has 3 heterocycles. The number of aliphatic hydroxyl groups excluding tert-OH is 1. The number of amides is 1. The molecule has 34 heavy (non-hydrogen) atoms. The molecule has 4 aromatic rings. The van der Waals surface area contributed by atoms with E-state index in [0.29, 0.717) is 33.8 Å². The number of carbonyl (C=O) groups excluding carboxylic acids is 1. The summed E-state index contributed by atoms with van der Waals surface area (Å²) in [6.07, 6.45) is 3.76. The predicted molar refractivity (Wildman–Crippen MR) is 124 cm³/mol. The molecule has 0 radical (unpaired) electrons. The Morgan fingerprint density at radius 3 is 2.79 bits per heavy atom. The van der Waals surface area contributed by atoms with Crippen molar-refractivity contribution in [1.82, 2.24) is 20.1 Å². The van der Waals surface area contributed by atoms with Crippen LogP contribution in [0.3, 0.4) is 0 Å². The van der Waals surface area contributed by atoms with Crippen molar-refractivity contribution in [2.45, 2.75) is 19.7 Å². The molecule has 172 valence electrons. The minimum Gasteiger partial charge on any atom is -0.369 e. The Morgan fingerprint density at radius 2 is 2.00 bits per heavy atom. The maximum absolute atomic E-state index is 13.4. The third kappa shape index (κ3) is 4.20. The van der Waals surface area contributed by atoms with Crippen LogP contribution in [0, 0.1) is 11.6 Å². The van der Waals surface area contributed by atoms with Crippen LogP contribution in [0.2, 0.25) is 0 Å². The number of allylic oxidation sites excluding steroid dienone is 1. The van der Waals surface area contributed by atoms with Crippen molar-refractivity contribution in [3.63, 3.8) is 0 Å². The van der Waals surface area contributed by atoms with Crippen LogP contribution in [-0.2, 0) is 11.3 Å². The van der Waals surface area contributed by atoms with Gasteiger partial charge in [0.1, 0.15) is 0 Å². The first-order valence-electron chi connectivity index (χ1n) is 10.6. The first kappa shape index (κ1) is 21.6. The average Bonchev–Trinajstić information content (AvgIpc) is 3.42. The largest absolute Gasteiger partial charge is 0.369 e. The molecule has 0 spiro atoms. The summed E-state index contributed by atoms with van der Waals surface area (Å²) in [4.78, 5) is 16.3. The van der Waals surface area contributed by atoms with Crippen LogP contribution in [-0.4, -0.2) is 32.0 Å². The van der Waals surface area contributed by atoms with Crippen LogP contribution in [0.1, 0.15) is 18.2 Å². The number of aromatic amines is 1. The number of nitrogens with zero attached hydrogens (tertiary/aromatic N) is 2. The number of halogens is 2. The Bertz CT molecular complexity index is 1430. The molecule has 1 aliphatic rings. The first-order chi connectivity index (χ1) is 16.4. The number of H-pyrrole nitrogens is 1. The Balaban J connectivity index is 1.34. The monoisotopic (exact) mass is 461 g/mol. The smallest absolute Gasteiger partial charge is 0.257 e. The fraction of sp³-hybridized carbons (Fsp3) is 0.120. The molecule has 1 atom stereocenters. The van der Waals surface area contributed by atoms with Crippen LogP contribution in [0.15, 0.2) is 78.3 Å². The number of hydrogen-bond acceptors (Lipinski definition) is 4. The van der Waals surface area contributed by atoms with Gasteiger partial charge in [0.25, 0.3) is 5.91 Å². The lowest BCUT2D eigenvalue weighted by Gasteiger charge is -2.24. The van der Waals surface area contributed by atoms with Gasteiger partial charge in [-0.3, -0.25) is 9.48 Å². The lowest BCUT2D eigenvalue weighted by atomic mass is 10.0. The zero-order valence-corrected chi connectivity index (χ0v) is 18.1. The minimum absolute atomic E-state index is 0.215. The van der Waals surface area contributed by atoms with E-state index in [2.05, 4.69) is 20.7 Å². The van der Waals surface area contributed by atoms with Crippen LogP contribution < -0.4 is 10.6 Å². The van der Waals surface area contributed by atoms with Gasteiger partial charge in [-0.2, -0.15) is 5.10 Å². The van der Waals surface area contributed by atoms with E-state index >= 15 is 0 Å². The van der Waals surface area contributed by atoms with Crippen LogP contribution in [0.25, 0.3) is 16.5 Å². The third-order valence-corrected chi connectivity index (χ3v) is 5.66. The summed E-state index contributed by atoms with van der Waals surface area (Å²) in [5, 5.41) is 21.5. The fourth-order valence-electron chi connectivity index (χ4n) is 3.93. The second-order valence-electron chi connectivity index (χ2n) is 8.08. The SMILES string of the molecule is CC1=C(C(=O)Nc2cnn(Cc3ccc(F)c(F)c3)c2)C=C(c2cc3ccccc3[nH]2)C(O)N1. The lowest BCUT2D eigenvalue weighted by molar-refractivity contribution is -0.112. The molecule has 0 bridgehead atoms. The van der Waals surface area contributed by atoms with Gasteiger partial charge in [0.15, 0.2) is 17.9 Å². The van der Waals surface area contributed by atoms with Crippen molar-refractivity contribution in [2.24, 2.45) is 0 Å². The highest BCUT2D eigenvalue weighted by Gasteiger charge is 2.24. The maximum Gasteiger partial charge on any atom is 0.257 e. The molecular weight excluding hydrogens is 440 g/mol. The van der Waals surface area contributed by atoms with Crippen molar-refractivity contribution in [1.29, 1.82) is 0 Å². The van der Waals surface area contributed by atoms with Crippen molar-refractivity contribution in [3.8, 4) is 0 Å². The van der Waals surface area contributed by atoms with Gasteiger partial charge in [-0.25, -0.2) is 8.78 Å². The second-order valence-corrected chi connectivity index (χ2v) is 8.08. The molecule has 0 saturated carbocycles. The Hall–Kier alpha value is -4.24. The number of dihydropyridines is 1. The quantitative estimate of drug-likeness (QED) is 0.363. The van der Waals surface area contributed by atoms with Gasteiger partial charge in [-0.1, -0.05) is 24.3 Å². The molecule has 0 fully saturated rings.